The summed E-state index contributed by atoms with van der Waals surface area (Å²) in [4.78, 5) is 6.37. The Bertz CT molecular complexity index is 666. The van der Waals surface area contributed by atoms with Gasteiger partial charge in [0.15, 0.2) is 0 Å². The fourth-order valence-electron chi connectivity index (χ4n) is 2.45. The molecule has 2 aromatic rings. The quantitative estimate of drug-likeness (QED) is 0.839. The Morgan fingerprint density at radius 2 is 2.14 bits per heavy atom. The maximum atomic E-state index is 8.81. The first-order valence-corrected chi connectivity index (χ1v) is 7.54. The van der Waals surface area contributed by atoms with Gasteiger partial charge in [-0.15, -0.1) is 0 Å². The molecule has 0 N–H and O–H groups in total. The van der Waals surface area contributed by atoms with Crippen LogP contribution in [-0.2, 0) is 4.74 Å². The van der Waals surface area contributed by atoms with Crippen molar-refractivity contribution >= 4 is 21.6 Å². The molecule has 0 spiro atoms. The van der Waals surface area contributed by atoms with Crippen LogP contribution in [0.3, 0.4) is 0 Å². The number of hydrogen-bond donors (Lipinski definition) is 0. The Balaban J connectivity index is 1.79. The standard InChI is InChI=1S/C16H14BrN3O/c17-15-4-2-1-3-14(15)16-11-20(7-8-21-16)13-6-5-12(9-18)19-10-13/h1-6,10,16H,7-8,11H2/t16-/m1/s1. The van der Waals surface area contributed by atoms with Crippen LogP contribution in [0.25, 0.3) is 0 Å². The van der Waals surface area contributed by atoms with Gasteiger partial charge in [-0.1, -0.05) is 34.1 Å². The van der Waals surface area contributed by atoms with E-state index in [4.69, 9.17) is 10.00 Å². The van der Waals surface area contributed by atoms with E-state index in [0.717, 1.165) is 28.8 Å². The Labute approximate surface area is 132 Å². The van der Waals surface area contributed by atoms with E-state index in [1.54, 1.807) is 12.3 Å². The van der Waals surface area contributed by atoms with Crippen LogP contribution >= 0.6 is 15.9 Å². The van der Waals surface area contributed by atoms with Crippen molar-refractivity contribution in [3.05, 3.63) is 58.3 Å². The van der Waals surface area contributed by atoms with E-state index < -0.39 is 0 Å². The zero-order valence-corrected chi connectivity index (χ0v) is 13.0. The maximum absolute atomic E-state index is 8.81. The summed E-state index contributed by atoms with van der Waals surface area (Å²) < 4.78 is 6.96. The predicted molar refractivity (Wildman–Crippen MR) is 84.0 cm³/mol. The molecular weight excluding hydrogens is 330 g/mol. The van der Waals surface area contributed by atoms with Gasteiger partial charge in [-0.25, -0.2) is 4.98 Å². The van der Waals surface area contributed by atoms with E-state index in [2.05, 4.69) is 31.9 Å². The fraction of sp³-hybridized carbons (Fsp3) is 0.250. The van der Waals surface area contributed by atoms with Crippen LogP contribution in [0, 0.1) is 11.3 Å². The monoisotopic (exact) mass is 343 g/mol. The highest BCUT2D eigenvalue weighted by molar-refractivity contribution is 9.10. The molecule has 3 rings (SSSR count). The first-order chi connectivity index (χ1) is 10.3. The van der Waals surface area contributed by atoms with E-state index >= 15 is 0 Å². The highest BCUT2D eigenvalue weighted by Crippen LogP contribution is 2.30. The molecule has 1 aromatic heterocycles. The van der Waals surface area contributed by atoms with Crippen molar-refractivity contribution < 1.29 is 4.74 Å². The third-order valence-electron chi connectivity index (χ3n) is 3.55. The molecule has 0 radical (unpaired) electrons. The number of benzene rings is 1. The van der Waals surface area contributed by atoms with Gasteiger partial charge in [0, 0.05) is 17.6 Å². The summed E-state index contributed by atoms with van der Waals surface area (Å²) in [6, 6.07) is 13.9. The molecular formula is C16H14BrN3O. The zero-order valence-electron chi connectivity index (χ0n) is 11.4. The minimum atomic E-state index is 0.0324. The topological polar surface area (TPSA) is 49.2 Å². The van der Waals surface area contributed by atoms with Crippen molar-refractivity contribution in [2.24, 2.45) is 0 Å². The van der Waals surface area contributed by atoms with Gasteiger partial charge in [-0.3, -0.25) is 0 Å². The van der Waals surface area contributed by atoms with Gasteiger partial charge in [0.2, 0.25) is 0 Å². The van der Waals surface area contributed by atoms with Gasteiger partial charge in [-0.2, -0.15) is 5.26 Å². The summed E-state index contributed by atoms with van der Waals surface area (Å²) in [6.45, 7) is 2.27. The molecule has 0 amide bonds. The lowest BCUT2D eigenvalue weighted by Gasteiger charge is -2.34. The van der Waals surface area contributed by atoms with Gasteiger partial charge >= 0.3 is 0 Å². The lowest BCUT2D eigenvalue weighted by Crippen LogP contribution is -2.38. The largest absolute Gasteiger partial charge is 0.370 e. The van der Waals surface area contributed by atoms with Crippen LogP contribution in [0.15, 0.2) is 47.1 Å². The van der Waals surface area contributed by atoms with Crippen LogP contribution in [0.1, 0.15) is 17.4 Å². The van der Waals surface area contributed by atoms with Gasteiger partial charge in [0.1, 0.15) is 17.9 Å². The SMILES string of the molecule is N#Cc1ccc(N2CCO[C@@H](c3ccccc3Br)C2)cn1. The van der Waals surface area contributed by atoms with Gasteiger partial charge in [0.05, 0.1) is 18.5 Å². The van der Waals surface area contributed by atoms with Crippen LogP contribution in [0.4, 0.5) is 5.69 Å². The summed E-state index contributed by atoms with van der Waals surface area (Å²) in [6.07, 6.45) is 1.78. The summed E-state index contributed by atoms with van der Waals surface area (Å²) in [5, 5.41) is 8.81. The number of hydrogen-bond acceptors (Lipinski definition) is 4. The molecule has 1 aromatic carbocycles. The lowest BCUT2D eigenvalue weighted by atomic mass is 10.1. The van der Waals surface area contributed by atoms with E-state index in [-0.39, 0.29) is 6.10 Å². The van der Waals surface area contributed by atoms with Crippen molar-refractivity contribution in [2.75, 3.05) is 24.6 Å². The maximum Gasteiger partial charge on any atom is 0.140 e. The molecule has 1 aliphatic rings. The van der Waals surface area contributed by atoms with Gasteiger partial charge in [0.25, 0.3) is 0 Å². The van der Waals surface area contributed by atoms with E-state index in [1.165, 1.54) is 0 Å². The predicted octanol–water partition coefficient (Wildman–Crippen LogP) is 3.29. The van der Waals surface area contributed by atoms with E-state index in [1.807, 2.05) is 30.3 Å². The second-order valence-electron chi connectivity index (χ2n) is 4.84. The van der Waals surface area contributed by atoms with Gasteiger partial charge < -0.3 is 9.64 Å². The summed E-state index contributed by atoms with van der Waals surface area (Å²) >= 11 is 3.58. The van der Waals surface area contributed by atoms with Crippen LogP contribution in [0.2, 0.25) is 0 Å². The number of halogens is 1. The number of nitrogens with zero attached hydrogens (tertiary/aromatic N) is 3. The van der Waals surface area contributed by atoms with Crippen LogP contribution in [0.5, 0.6) is 0 Å². The minimum Gasteiger partial charge on any atom is -0.370 e. The molecule has 1 aliphatic heterocycles. The van der Waals surface area contributed by atoms with Crippen LogP contribution < -0.4 is 4.90 Å². The average Bonchev–Trinajstić information content (AvgIpc) is 2.55. The molecule has 21 heavy (non-hydrogen) atoms. The third-order valence-corrected chi connectivity index (χ3v) is 4.27. The Kier molecular flexibility index (Phi) is 4.18. The molecule has 0 aliphatic carbocycles. The smallest absolute Gasteiger partial charge is 0.140 e. The number of anilines is 1. The first-order valence-electron chi connectivity index (χ1n) is 6.75. The third kappa shape index (κ3) is 3.07. The summed E-state index contributed by atoms with van der Waals surface area (Å²) in [7, 11) is 0. The molecule has 1 atom stereocenters. The number of pyridine rings is 1. The fourth-order valence-corrected chi connectivity index (χ4v) is 2.99. The molecule has 1 saturated heterocycles. The molecule has 106 valence electrons. The number of ether oxygens (including phenoxy) is 1. The molecule has 0 saturated carbocycles. The Morgan fingerprint density at radius 1 is 1.29 bits per heavy atom. The summed E-state index contributed by atoms with van der Waals surface area (Å²) in [5.41, 5.74) is 2.62. The molecule has 2 heterocycles. The zero-order chi connectivity index (χ0) is 14.7. The van der Waals surface area contributed by atoms with E-state index in [0.29, 0.717) is 12.3 Å². The lowest BCUT2D eigenvalue weighted by molar-refractivity contribution is 0.0393. The normalized spacial score (nSPS) is 18.3. The minimum absolute atomic E-state index is 0.0324. The summed E-state index contributed by atoms with van der Waals surface area (Å²) in [5.74, 6) is 0. The van der Waals surface area contributed by atoms with E-state index in [9.17, 15) is 0 Å². The Morgan fingerprint density at radius 3 is 2.86 bits per heavy atom. The first kappa shape index (κ1) is 14.1. The average molecular weight is 344 g/mol. The number of aromatic nitrogens is 1. The molecule has 5 heteroatoms. The molecule has 0 unspecified atom stereocenters. The van der Waals surface area contributed by atoms with Gasteiger partial charge in [-0.05, 0) is 23.8 Å². The van der Waals surface area contributed by atoms with Crippen molar-refractivity contribution in [3.63, 3.8) is 0 Å². The van der Waals surface area contributed by atoms with Crippen molar-refractivity contribution in [2.45, 2.75) is 6.10 Å². The van der Waals surface area contributed by atoms with Crippen molar-refractivity contribution in [1.82, 2.24) is 4.98 Å². The second-order valence-corrected chi connectivity index (χ2v) is 5.69. The number of morpholine rings is 1. The van der Waals surface area contributed by atoms with Crippen LogP contribution in [-0.4, -0.2) is 24.7 Å². The second kappa shape index (κ2) is 6.25. The molecule has 4 nitrogen and oxygen atoms in total. The highest BCUT2D eigenvalue weighted by atomic mass is 79.9. The van der Waals surface area contributed by atoms with Crippen molar-refractivity contribution in [3.8, 4) is 6.07 Å². The number of nitriles is 1. The highest BCUT2D eigenvalue weighted by Gasteiger charge is 2.23. The molecule has 0 bridgehead atoms. The molecule has 1 fully saturated rings. The Hall–Kier alpha value is -1.90. The number of rotatable bonds is 2. The van der Waals surface area contributed by atoms with Crippen molar-refractivity contribution in [1.29, 1.82) is 5.26 Å².